The van der Waals surface area contributed by atoms with Crippen LogP contribution in [0.4, 0.5) is 0 Å². The summed E-state index contributed by atoms with van der Waals surface area (Å²) in [6, 6.07) is 10.2. The molecule has 0 fully saturated rings. The van der Waals surface area contributed by atoms with Crippen molar-refractivity contribution in [2.45, 2.75) is 16.6 Å². The second-order valence-electron chi connectivity index (χ2n) is 3.68. The van der Waals surface area contributed by atoms with Crippen LogP contribution in [0.3, 0.4) is 0 Å². The quantitative estimate of drug-likeness (QED) is 0.756. The first-order chi connectivity index (χ1) is 7.84. The normalized spacial score (nSPS) is 18.4. The molecule has 0 bridgehead atoms. The van der Waals surface area contributed by atoms with Crippen molar-refractivity contribution in [2.24, 2.45) is 0 Å². The fraction of sp³-hybridized carbons (Fsp3) is 0.167. The third-order valence-corrected chi connectivity index (χ3v) is 4.01. The van der Waals surface area contributed by atoms with Gasteiger partial charge in [0.05, 0.1) is 11.8 Å². The van der Waals surface area contributed by atoms with Crippen LogP contribution in [-0.4, -0.2) is 5.16 Å². The van der Waals surface area contributed by atoms with E-state index in [2.05, 4.69) is 21.8 Å². The molecule has 3 rings (SSSR count). The Kier molecular flexibility index (Phi) is 2.29. The summed E-state index contributed by atoms with van der Waals surface area (Å²) < 4.78 is 4.64. The Morgan fingerprint density at radius 2 is 2.12 bits per heavy atom. The number of nitrogens with zero attached hydrogens (tertiary/aromatic N) is 1. The van der Waals surface area contributed by atoms with Crippen LogP contribution in [0.1, 0.15) is 16.4 Å². The van der Waals surface area contributed by atoms with E-state index in [0.717, 1.165) is 16.9 Å². The van der Waals surface area contributed by atoms with Crippen molar-refractivity contribution in [1.82, 2.24) is 5.16 Å². The van der Waals surface area contributed by atoms with Crippen molar-refractivity contribution in [3.63, 3.8) is 0 Å². The standard InChI is InChI=1S/C12H9NO2S/c14-12-9-6-10(8-4-2-1-3-5-8)16-11(9)7-13-15-12/h1-5,7,10H,6H2. The molecular weight excluding hydrogens is 222 g/mol. The Hall–Kier alpha value is -1.55. The second kappa shape index (κ2) is 3.79. The number of hydrogen-bond acceptors (Lipinski definition) is 4. The van der Waals surface area contributed by atoms with Crippen LogP contribution in [0, 0.1) is 0 Å². The minimum Gasteiger partial charge on any atom is -0.313 e. The fourth-order valence-corrected chi connectivity index (χ4v) is 3.14. The maximum absolute atomic E-state index is 11.4. The second-order valence-corrected chi connectivity index (χ2v) is 4.92. The van der Waals surface area contributed by atoms with Gasteiger partial charge in [0.2, 0.25) is 0 Å². The summed E-state index contributed by atoms with van der Waals surface area (Å²) in [6.45, 7) is 0. The van der Waals surface area contributed by atoms with Crippen molar-refractivity contribution in [3.8, 4) is 0 Å². The highest BCUT2D eigenvalue weighted by molar-refractivity contribution is 7.99. The van der Waals surface area contributed by atoms with Gasteiger partial charge in [0.1, 0.15) is 0 Å². The number of fused-ring (bicyclic) bond motifs is 1. The van der Waals surface area contributed by atoms with E-state index in [4.69, 9.17) is 0 Å². The molecule has 0 radical (unpaired) electrons. The van der Waals surface area contributed by atoms with E-state index in [1.54, 1.807) is 18.0 Å². The molecular formula is C12H9NO2S. The van der Waals surface area contributed by atoms with Crippen molar-refractivity contribution in [1.29, 1.82) is 0 Å². The first kappa shape index (κ1) is 9.66. The molecule has 1 aromatic heterocycles. The first-order valence-electron chi connectivity index (χ1n) is 5.04. The van der Waals surface area contributed by atoms with Gasteiger partial charge in [-0.25, -0.2) is 4.79 Å². The number of benzene rings is 1. The Morgan fingerprint density at radius 3 is 2.88 bits per heavy atom. The van der Waals surface area contributed by atoms with Crippen LogP contribution in [0.25, 0.3) is 0 Å². The SMILES string of the molecule is O=c1oncc2c1CC(c1ccccc1)S2. The monoisotopic (exact) mass is 231 g/mol. The summed E-state index contributed by atoms with van der Waals surface area (Å²) in [5.74, 6) is 0. The predicted octanol–water partition coefficient (Wildman–Crippen LogP) is 2.42. The van der Waals surface area contributed by atoms with Gasteiger partial charge in [-0.1, -0.05) is 35.5 Å². The molecule has 0 spiro atoms. The zero-order valence-electron chi connectivity index (χ0n) is 8.42. The van der Waals surface area contributed by atoms with E-state index < -0.39 is 0 Å². The van der Waals surface area contributed by atoms with Gasteiger partial charge >= 0.3 is 5.63 Å². The molecule has 2 aromatic rings. The molecule has 16 heavy (non-hydrogen) atoms. The van der Waals surface area contributed by atoms with Crippen molar-refractivity contribution in [2.75, 3.05) is 0 Å². The van der Waals surface area contributed by atoms with Gasteiger partial charge in [0.25, 0.3) is 0 Å². The van der Waals surface area contributed by atoms with Gasteiger partial charge in [-0.05, 0) is 12.0 Å². The lowest BCUT2D eigenvalue weighted by Crippen LogP contribution is -2.07. The molecule has 4 heteroatoms. The molecule has 0 N–H and O–H groups in total. The van der Waals surface area contributed by atoms with Crippen LogP contribution in [-0.2, 0) is 6.42 Å². The zero-order chi connectivity index (χ0) is 11.0. The Bertz CT molecular complexity index is 565. The summed E-state index contributed by atoms with van der Waals surface area (Å²) in [4.78, 5) is 12.4. The summed E-state index contributed by atoms with van der Waals surface area (Å²) >= 11 is 1.68. The molecule has 1 aromatic carbocycles. The van der Waals surface area contributed by atoms with Gasteiger partial charge in [-0.15, -0.1) is 11.8 Å². The zero-order valence-corrected chi connectivity index (χ0v) is 9.24. The Labute approximate surface area is 96.5 Å². The minimum absolute atomic E-state index is 0.302. The van der Waals surface area contributed by atoms with Crippen LogP contribution in [0.15, 0.2) is 50.7 Å². The van der Waals surface area contributed by atoms with Gasteiger partial charge in [0, 0.05) is 10.1 Å². The largest absolute Gasteiger partial charge is 0.362 e. The van der Waals surface area contributed by atoms with Crippen LogP contribution in [0.5, 0.6) is 0 Å². The van der Waals surface area contributed by atoms with Gasteiger partial charge in [0.15, 0.2) is 0 Å². The molecule has 2 heterocycles. The van der Waals surface area contributed by atoms with Crippen LogP contribution >= 0.6 is 11.8 Å². The molecule has 1 atom stereocenters. The van der Waals surface area contributed by atoms with Gasteiger partial charge < -0.3 is 4.52 Å². The fourth-order valence-electron chi connectivity index (χ4n) is 1.88. The van der Waals surface area contributed by atoms with E-state index in [1.165, 1.54) is 5.56 Å². The summed E-state index contributed by atoms with van der Waals surface area (Å²) in [6.07, 6.45) is 2.36. The first-order valence-corrected chi connectivity index (χ1v) is 5.92. The highest BCUT2D eigenvalue weighted by Crippen LogP contribution is 2.44. The molecule has 0 aliphatic carbocycles. The lowest BCUT2D eigenvalue weighted by Gasteiger charge is -2.07. The lowest BCUT2D eigenvalue weighted by atomic mass is 10.1. The summed E-state index contributed by atoms with van der Waals surface area (Å²) in [5.41, 5.74) is 1.69. The summed E-state index contributed by atoms with van der Waals surface area (Å²) in [5, 5.41) is 3.88. The number of aromatic nitrogens is 1. The molecule has 1 unspecified atom stereocenters. The lowest BCUT2D eigenvalue weighted by molar-refractivity contribution is 0.359. The number of thioether (sulfide) groups is 1. The van der Waals surface area contributed by atoms with E-state index >= 15 is 0 Å². The number of hydrogen-bond donors (Lipinski definition) is 0. The summed E-state index contributed by atoms with van der Waals surface area (Å²) in [7, 11) is 0. The van der Waals surface area contributed by atoms with Gasteiger partial charge in [-0.2, -0.15) is 0 Å². The minimum atomic E-state index is -0.302. The Balaban J connectivity index is 1.97. The average molecular weight is 231 g/mol. The topological polar surface area (TPSA) is 43.1 Å². The Morgan fingerprint density at radius 1 is 1.31 bits per heavy atom. The van der Waals surface area contributed by atoms with Gasteiger partial charge in [-0.3, -0.25) is 0 Å². The molecule has 1 aliphatic heterocycles. The predicted molar refractivity (Wildman–Crippen MR) is 61.5 cm³/mol. The highest BCUT2D eigenvalue weighted by atomic mass is 32.2. The van der Waals surface area contributed by atoms with Crippen LogP contribution < -0.4 is 5.63 Å². The van der Waals surface area contributed by atoms with E-state index in [0.29, 0.717) is 5.25 Å². The molecule has 3 nitrogen and oxygen atoms in total. The van der Waals surface area contributed by atoms with Crippen molar-refractivity contribution in [3.05, 3.63) is 58.1 Å². The van der Waals surface area contributed by atoms with E-state index in [-0.39, 0.29) is 5.63 Å². The average Bonchev–Trinajstić information content (AvgIpc) is 2.76. The van der Waals surface area contributed by atoms with Crippen molar-refractivity contribution >= 4 is 11.8 Å². The molecule has 80 valence electrons. The third kappa shape index (κ3) is 1.55. The highest BCUT2D eigenvalue weighted by Gasteiger charge is 2.26. The maximum atomic E-state index is 11.4. The van der Waals surface area contributed by atoms with Crippen LogP contribution in [0.2, 0.25) is 0 Å². The van der Waals surface area contributed by atoms with E-state index in [1.807, 2.05) is 18.2 Å². The molecule has 0 amide bonds. The maximum Gasteiger partial charge on any atom is 0.362 e. The molecule has 0 saturated carbocycles. The smallest absolute Gasteiger partial charge is 0.313 e. The number of rotatable bonds is 1. The van der Waals surface area contributed by atoms with Crippen molar-refractivity contribution < 1.29 is 4.52 Å². The van der Waals surface area contributed by atoms with E-state index in [9.17, 15) is 4.79 Å². The third-order valence-electron chi connectivity index (χ3n) is 2.68. The molecule has 1 aliphatic rings. The molecule has 0 saturated heterocycles.